The van der Waals surface area contributed by atoms with Gasteiger partial charge in [-0.05, 0) is 52.1 Å². The standard InChI is InChI=1S/C24H18O2/c1-16-6-8-17(9-7-16)20-14-15-21(23-5-3-2-4-22(20)23)18-10-12-19(13-11-18)24(25)26/h2-15H,1H3,(H,25,26). The predicted molar refractivity (Wildman–Crippen MR) is 107 cm³/mol. The van der Waals surface area contributed by atoms with E-state index in [1.54, 1.807) is 12.1 Å². The zero-order chi connectivity index (χ0) is 18.1. The molecule has 2 nitrogen and oxygen atoms in total. The summed E-state index contributed by atoms with van der Waals surface area (Å²) < 4.78 is 0. The minimum Gasteiger partial charge on any atom is -0.478 e. The molecule has 0 saturated carbocycles. The Morgan fingerprint density at radius 2 is 1.12 bits per heavy atom. The van der Waals surface area contributed by atoms with Crippen molar-refractivity contribution in [3.63, 3.8) is 0 Å². The number of hydrogen-bond donors (Lipinski definition) is 1. The monoisotopic (exact) mass is 338 g/mol. The summed E-state index contributed by atoms with van der Waals surface area (Å²) >= 11 is 0. The van der Waals surface area contributed by atoms with E-state index >= 15 is 0 Å². The topological polar surface area (TPSA) is 37.3 Å². The van der Waals surface area contributed by atoms with Gasteiger partial charge in [0.05, 0.1) is 5.56 Å². The molecule has 0 saturated heterocycles. The van der Waals surface area contributed by atoms with Crippen molar-refractivity contribution in [3.8, 4) is 22.3 Å². The van der Waals surface area contributed by atoms with Crippen LogP contribution in [-0.4, -0.2) is 11.1 Å². The van der Waals surface area contributed by atoms with E-state index in [-0.39, 0.29) is 0 Å². The molecule has 0 fully saturated rings. The fraction of sp³-hybridized carbons (Fsp3) is 0.0417. The molecule has 4 aromatic carbocycles. The number of carbonyl (C=O) groups is 1. The molecule has 2 heteroatoms. The van der Waals surface area contributed by atoms with E-state index in [2.05, 4.69) is 61.5 Å². The fourth-order valence-electron chi connectivity index (χ4n) is 3.33. The maximum absolute atomic E-state index is 11.1. The minimum absolute atomic E-state index is 0.300. The number of benzene rings is 4. The molecule has 0 aliphatic heterocycles. The third-order valence-electron chi connectivity index (χ3n) is 4.73. The van der Waals surface area contributed by atoms with Gasteiger partial charge in [-0.1, -0.05) is 78.4 Å². The van der Waals surface area contributed by atoms with Crippen molar-refractivity contribution >= 4 is 16.7 Å². The first-order valence-corrected chi connectivity index (χ1v) is 8.56. The van der Waals surface area contributed by atoms with Crippen LogP contribution in [0.3, 0.4) is 0 Å². The highest BCUT2D eigenvalue weighted by atomic mass is 16.4. The molecule has 4 rings (SSSR count). The summed E-state index contributed by atoms with van der Waals surface area (Å²) in [7, 11) is 0. The molecule has 0 amide bonds. The van der Waals surface area contributed by atoms with Crippen LogP contribution in [0, 0.1) is 6.92 Å². The Labute approximate surface area is 152 Å². The summed E-state index contributed by atoms with van der Waals surface area (Å²) in [4.78, 5) is 11.1. The molecule has 26 heavy (non-hydrogen) atoms. The van der Waals surface area contributed by atoms with Crippen molar-refractivity contribution in [2.24, 2.45) is 0 Å². The Bertz CT molecular complexity index is 1090. The van der Waals surface area contributed by atoms with Crippen LogP contribution in [0.2, 0.25) is 0 Å². The van der Waals surface area contributed by atoms with Gasteiger partial charge in [0.25, 0.3) is 0 Å². The summed E-state index contributed by atoms with van der Waals surface area (Å²) in [5, 5.41) is 11.5. The number of carboxylic acids is 1. The first-order chi connectivity index (χ1) is 12.6. The molecule has 0 aliphatic rings. The van der Waals surface area contributed by atoms with Gasteiger partial charge < -0.3 is 5.11 Å². The van der Waals surface area contributed by atoms with Gasteiger partial charge in [-0.25, -0.2) is 4.79 Å². The van der Waals surface area contributed by atoms with Gasteiger partial charge in [0.1, 0.15) is 0 Å². The van der Waals surface area contributed by atoms with Crippen molar-refractivity contribution in [2.45, 2.75) is 6.92 Å². The number of aryl methyl sites for hydroxylation is 1. The number of carboxylic acid groups (broad SMARTS) is 1. The van der Waals surface area contributed by atoms with Crippen LogP contribution in [0.25, 0.3) is 33.0 Å². The van der Waals surface area contributed by atoms with Crippen molar-refractivity contribution in [2.75, 3.05) is 0 Å². The van der Waals surface area contributed by atoms with E-state index in [9.17, 15) is 4.79 Å². The lowest BCUT2D eigenvalue weighted by Crippen LogP contribution is -1.95. The highest BCUT2D eigenvalue weighted by Gasteiger charge is 2.10. The first kappa shape index (κ1) is 16.1. The Hall–Kier alpha value is -3.39. The average Bonchev–Trinajstić information content (AvgIpc) is 2.68. The van der Waals surface area contributed by atoms with E-state index in [1.807, 2.05) is 18.2 Å². The molecule has 0 atom stereocenters. The van der Waals surface area contributed by atoms with Gasteiger partial charge in [-0.2, -0.15) is 0 Å². The highest BCUT2D eigenvalue weighted by Crippen LogP contribution is 2.35. The van der Waals surface area contributed by atoms with Crippen LogP contribution in [0.4, 0.5) is 0 Å². The minimum atomic E-state index is -0.906. The van der Waals surface area contributed by atoms with E-state index in [4.69, 9.17) is 5.11 Å². The van der Waals surface area contributed by atoms with Crippen LogP contribution in [0.15, 0.2) is 84.9 Å². The second-order valence-electron chi connectivity index (χ2n) is 6.45. The Morgan fingerprint density at radius 3 is 1.58 bits per heavy atom. The van der Waals surface area contributed by atoms with Gasteiger partial charge in [-0.15, -0.1) is 0 Å². The van der Waals surface area contributed by atoms with Gasteiger partial charge in [0.2, 0.25) is 0 Å². The molecule has 0 aliphatic carbocycles. The third-order valence-corrected chi connectivity index (χ3v) is 4.73. The number of fused-ring (bicyclic) bond motifs is 1. The second kappa shape index (κ2) is 6.49. The van der Waals surface area contributed by atoms with Crippen molar-refractivity contribution in [1.82, 2.24) is 0 Å². The Balaban J connectivity index is 1.89. The second-order valence-corrected chi connectivity index (χ2v) is 6.45. The van der Waals surface area contributed by atoms with Gasteiger partial charge in [0, 0.05) is 0 Å². The molecule has 0 spiro atoms. The maximum atomic E-state index is 11.1. The SMILES string of the molecule is Cc1ccc(-c2ccc(-c3ccc(C(=O)O)cc3)c3ccccc23)cc1. The smallest absolute Gasteiger partial charge is 0.335 e. The normalized spacial score (nSPS) is 10.8. The van der Waals surface area contributed by atoms with E-state index in [1.165, 1.54) is 22.1 Å². The number of rotatable bonds is 3. The first-order valence-electron chi connectivity index (χ1n) is 8.56. The third kappa shape index (κ3) is 2.86. The van der Waals surface area contributed by atoms with Crippen LogP contribution in [0.5, 0.6) is 0 Å². The van der Waals surface area contributed by atoms with E-state index < -0.39 is 5.97 Å². The summed E-state index contributed by atoms with van der Waals surface area (Å²) in [6.45, 7) is 2.09. The van der Waals surface area contributed by atoms with Crippen molar-refractivity contribution in [1.29, 1.82) is 0 Å². The summed E-state index contributed by atoms with van der Waals surface area (Å²) in [6.07, 6.45) is 0. The van der Waals surface area contributed by atoms with Gasteiger partial charge >= 0.3 is 5.97 Å². The van der Waals surface area contributed by atoms with Gasteiger partial charge in [0.15, 0.2) is 0 Å². The summed E-state index contributed by atoms with van der Waals surface area (Å²) in [5.41, 5.74) is 6.06. The molecule has 4 aromatic rings. The fourth-order valence-corrected chi connectivity index (χ4v) is 3.33. The summed E-state index contributed by atoms with van der Waals surface area (Å²) in [6, 6.07) is 28.2. The molecule has 0 aromatic heterocycles. The molecule has 0 unspecified atom stereocenters. The largest absolute Gasteiger partial charge is 0.478 e. The molecule has 0 radical (unpaired) electrons. The lowest BCUT2D eigenvalue weighted by Gasteiger charge is -2.12. The van der Waals surface area contributed by atoms with Gasteiger partial charge in [-0.3, -0.25) is 0 Å². The molecule has 0 bridgehead atoms. The predicted octanol–water partition coefficient (Wildman–Crippen LogP) is 6.18. The van der Waals surface area contributed by atoms with Crippen LogP contribution < -0.4 is 0 Å². The Morgan fingerprint density at radius 1 is 0.654 bits per heavy atom. The van der Waals surface area contributed by atoms with Crippen molar-refractivity contribution < 1.29 is 9.90 Å². The maximum Gasteiger partial charge on any atom is 0.335 e. The number of aromatic carboxylic acids is 1. The quantitative estimate of drug-likeness (QED) is 0.484. The zero-order valence-electron chi connectivity index (χ0n) is 14.4. The van der Waals surface area contributed by atoms with E-state index in [0.29, 0.717) is 5.56 Å². The molecular formula is C24H18O2. The molecular weight excluding hydrogens is 320 g/mol. The lowest BCUT2D eigenvalue weighted by molar-refractivity contribution is 0.0697. The van der Waals surface area contributed by atoms with Crippen LogP contribution in [0.1, 0.15) is 15.9 Å². The average molecular weight is 338 g/mol. The highest BCUT2D eigenvalue weighted by molar-refractivity contribution is 6.05. The molecule has 126 valence electrons. The molecule has 1 N–H and O–H groups in total. The van der Waals surface area contributed by atoms with E-state index in [0.717, 1.165) is 16.5 Å². The number of hydrogen-bond acceptors (Lipinski definition) is 1. The molecule has 0 heterocycles. The lowest BCUT2D eigenvalue weighted by atomic mass is 9.91. The van der Waals surface area contributed by atoms with Crippen LogP contribution in [-0.2, 0) is 0 Å². The summed E-state index contributed by atoms with van der Waals surface area (Å²) in [5.74, 6) is -0.906. The van der Waals surface area contributed by atoms with Crippen LogP contribution >= 0.6 is 0 Å². The van der Waals surface area contributed by atoms with Crippen molar-refractivity contribution in [3.05, 3.63) is 96.1 Å². The Kier molecular flexibility index (Phi) is 4.02. The zero-order valence-corrected chi connectivity index (χ0v) is 14.4.